The molecule has 1 heterocycles. The van der Waals surface area contributed by atoms with E-state index in [2.05, 4.69) is 10.6 Å². The fourth-order valence-electron chi connectivity index (χ4n) is 2.38. The summed E-state index contributed by atoms with van der Waals surface area (Å²) < 4.78 is 38.4. The first kappa shape index (κ1) is 17.8. The average molecular weight is 323 g/mol. The molecule has 2 N–H and O–H groups in total. The molecule has 1 fully saturated rings. The molecule has 1 aromatic carbocycles. The Morgan fingerprint density at radius 3 is 2.67 bits per heavy atom. The zero-order valence-corrected chi connectivity index (χ0v) is 12.2. The second kappa shape index (κ2) is 7.66. The van der Waals surface area contributed by atoms with Crippen molar-refractivity contribution in [2.24, 2.45) is 0 Å². The van der Waals surface area contributed by atoms with E-state index in [-0.39, 0.29) is 36.3 Å². The fraction of sp³-hybridized carbons (Fsp3) is 0.500. The van der Waals surface area contributed by atoms with Gasteiger partial charge < -0.3 is 10.6 Å². The van der Waals surface area contributed by atoms with Gasteiger partial charge in [0.2, 0.25) is 5.91 Å². The normalized spacial score (nSPS) is 18.7. The largest absolute Gasteiger partial charge is 0.416 e. The molecule has 7 heteroatoms. The summed E-state index contributed by atoms with van der Waals surface area (Å²) in [6, 6.07) is 5.20. The van der Waals surface area contributed by atoms with Gasteiger partial charge in [0.05, 0.1) is 12.0 Å². The van der Waals surface area contributed by atoms with Crippen LogP contribution in [0.5, 0.6) is 0 Å². The number of rotatable bonds is 3. The number of alkyl halides is 3. The SMILES string of the molecule is Cl.O=C(Cc1ccccc1C(F)(F)F)NC1CCCNC1. The summed E-state index contributed by atoms with van der Waals surface area (Å²) >= 11 is 0. The van der Waals surface area contributed by atoms with Crippen molar-refractivity contribution in [2.45, 2.75) is 31.5 Å². The summed E-state index contributed by atoms with van der Waals surface area (Å²) in [4.78, 5) is 11.9. The zero-order valence-electron chi connectivity index (χ0n) is 11.4. The Morgan fingerprint density at radius 1 is 1.33 bits per heavy atom. The van der Waals surface area contributed by atoms with E-state index in [1.165, 1.54) is 18.2 Å². The van der Waals surface area contributed by atoms with Gasteiger partial charge in [-0.25, -0.2) is 0 Å². The van der Waals surface area contributed by atoms with Gasteiger partial charge in [0.1, 0.15) is 0 Å². The summed E-state index contributed by atoms with van der Waals surface area (Å²) in [5.41, 5.74) is -0.724. The number of hydrogen-bond donors (Lipinski definition) is 2. The van der Waals surface area contributed by atoms with Crippen LogP contribution in [0.2, 0.25) is 0 Å². The predicted octanol–water partition coefficient (Wildman–Crippen LogP) is 2.54. The van der Waals surface area contributed by atoms with Crippen LogP contribution in [0.3, 0.4) is 0 Å². The Bertz CT molecular complexity index is 474. The maximum atomic E-state index is 12.8. The van der Waals surface area contributed by atoms with E-state index in [1.54, 1.807) is 0 Å². The van der Waals surface area contributed by atoms with Crippen LogP contribution < -0.4 is 10.6 Å². The van der Waals surface area contributed by atoms with Gasteiger partial charge in [-0.15, -0.1) is 12.4 Å². The van der Waals surface area contributed by atoms with Crippen molar-refractivity contribution in [3.8, 4) is 0 Å². The van der Waals surface area contributed by atoms with Crippen molar-refractivity contribution in [2.75, 3.05) is 13.1 Å². The first-order chi connectivity index (χ1) is 9.47. The number of amides is 1. The topological polar surface area (TPSA) is 41.1 Å². The monoisotopic (exact) mass is 322 g/mol. The standard InChI is InChI=1S/C14H17F3N2O.ClH/c15-14(16,17)12-6-2-1-4-10(12)8-13(20)19-11-5-3-7-18-9-11;/h1-2,4,6,11,18H,3,5,7-9H2,(H,19,20);1H. The van der Waals surface area contributed by atoms with Crippen LogP contribution in [-0.2, 0) is 17.4 Å². The van der Waals surface area contributed by atoms with Crippen LogP contribution in [-0.4, -0.2) is 25.0 Å². The van der Waals surface area contributed by atoms with E-state index in [0.29, 0.717) is 6.54 Å². The number of carbonyl (C=O) groups is 1. The number of benzene rings is 1. The summed E-state index contributed by atoms with van der Waals surface area (Å²) in [5.74, 6) is -0.365. The van der Waals surface area contributed by atoms with E-state index in [9.17, 15) is 18.0 Å². The minimum atomic E-state index is -4.43. The van der Waals surface area contributed by atoms with E-state index in [1.807, 2.05) is 0 Å². The molecule has 1 atom stereocenters. The van der Waals surface area contributed by atoms with Gasteiger partial charge in [0.25, 0.3) is 0 Å². The van der Waals surface area contributed by atoms with Gasteiger partial charge in [-0.2, -0.15) is 13.2 Å². The third-order valence-electron chi connectivity index (χ3n) is 3.34. The molecule has 0 aliphatic carbocycles. The van der Waals surface area contributed by atoms with Gasteiger partial charge in [-0.05, 0) is 31.0 Å². The van der Waals surface area contributed by atoms with Crippen molar-refractivity contribution in [3.63, 3.8) is 0 Å². The Hall–Kier alpha value is -1.27. The highest BCUT2D eigenvalue weighted by molar-refractivity contribution is 5.85. The highest BCUT2D eigenvalue weighted by Gasteiger charge is 2.33. The van der Waals surface area contributed by atoms with Crippen LogP contribution in [0, 0.1) is 0 Å². The van der Waals surface area contributed by atoms with Crippen molar-refractivity contribution in [1.82, 2.24) is 10.6 Å². The Balaban J connectivity index is 0.00000220. The average Bonchev–Trinajstić information content (AvgIpc) is 2.39. The highest BCUT2D eigenvalue weighted by Crippen LogP contribution is 2.31. The van der Waals surface area contributed by atoms with Crippen molar-refractivity contribution in [1.29, 1.82) is 0 Å². The Labute approximate surface area is 127 Å². The van der Waals surface area contributed by atoms with Crippen molar-refractivity contribution < 1.29 is 18.0 Å². The lowest BCUT2D eigenvalue weighted by Crippen LogP contribution is -2.46. The Morgan fingerprint density at radius 2 is 2.05 bits per heavy atom. The van der Waals surface area contributed by atoms with Crippen LogP contribution in [0.15, 0.2) is 24.3 Å². The maximum Gasteiger partial charge on any atom is 0.416 e. The summed E-state index contributed by atoms with van der Waals surface area (Å²) in [6.07, 6.45) is -2.85. The molecule has 1 aliphatic rings. The minimum absolute atomic E-state index is 0. The van der Waals surface area contributed by atoms with Gasteiger partial charge in [0, 0.05) is 12.6 Å². The summed E-state index contributed by atoms with van der Waals surface area (Å²) in [5, 5.41) is 5.92. The number of nitrogens with one attached hydrogen (secondary N) is 2. The number of carbonyl (C=O) groups excluding carboxylic acids is 1. The molecular weight excluding hydrogens is 305 g/mol. The molecule has 0 aromatic heterocycles. The van der Waals surface area contributed by atoms with E-state index < -0.39 is 11.7 Å². The van der Waals surface area contributed by atoms with E-state index in [0.717, 1.165) is 25.5 Å². The van der Waals surface area contributed by atoms with Crippen molar-refractivity contribution >= 4 is 18.3 Å². The van der Waals surface area contributed by atoms with E-state index >= 15 is 0 Å². The number of halogens is 4. The van der Waals surface area contributed by atoms with Crippen LogP contribution in [0.1, 0.15) is 24.0 Å². The van der Waals surface area contributed by atoms with Gasteiger partial charge >= 0.3 is 6.18 Å². The number of hydrogen-bond acceptors (Lipinski definition) is 2. The third-order valence-corrected chi connectivity index (χ3v) is 3.34. The quantitative estimate of drug-likeness (QED) is 0.898. The lowest BCUT2D eigenvalue weighted by molar-refractivity contribution is -0.138. The molecule has 0 spiro atoms. The van der Waals surface area contributed by atoms with Crippen LogP contribution >= 0.6 is 12.4 Å². The molecule has 3 nitrogen and oxygen atoms in total. The summed E-state index contributed by atoms with van der Waals surface area (Å²) in [6.45, 7) is 1.59. The van der Waals surface area contributed by atoms with Crippen molar-refractivity contribution in [3.05, 3.63) is 35.4 Å². The molecule has 1 saturated heterocycles. The fourth-order valence-corrected chi connectivity index (χ4v) is 2.38. The molecule has 1 aromatic rings. The van der Waals surface area contributed by atoms with Gasteiger partial charge in [-0.1, -0.05) is 18.2 Å². The van der Waals surface area contributed by atoms with Gasteiger partial charge in [-0.3, -0.25) is 4.79 Å². The lowest BCUT2D eigenvalue weighted by Gasteiger charge is -2.24. The zero-order chi connectivity index (χ0) is 14.6. The number of piperidine rings is 1. The maximum absolute atomic E-state index is 12.8. The first-order valence-corrected chi connectivity index (χ1v) is 6.62. The molecule has 1 amide bonds. The molecule has 0 saturated carbocycles. The van der Waals surface area contributed by atoms with Gasteiger partial charge in [0.15, 0.2) is 0 Å². The molecule has 0 bridgehead atoms. The molecule has 0 radical (unpaired) electrons. The second-order valence-corrected chi connectivity index (χ2v) is 4.94. The third kappa shape index (κ3) is 5.21. The molecule has 1 unspecified atom stereocenters. The lowest BCUT2D eigenvalue weighted by atomic mass is 10.0. The molecule has 21 heavy (non-hydrogen) atoms. The predicted molar refractivity (Wildman–Crippen MR) is 76.4 cm³/mol. The van der Waals surface area contributed by atoms with Crippen LogP contribution in [0.4, 0.5) is 13.2 Å². The van der Waals surface area contributed by atoms with E-state index in [4.69, 9.17) is 0 Å². The van der Waals surface area contributed by atoms with Crippen LogP contribution in [0.25, 0.3) is 0 Å². The Kier molecular flexibility index (Phi) is 6.48. The first-order valence-electron chi connectivity index (χ1n) is 6.62. The summed E-state index contributed by atoms with van der Waals surface area (Å²) in [7, 11) is 0. The molecule has 118 valence electrons. The highest BCUT2D eigenvalue weighted by atomic mass is 35.5. The minimum Gasteiger partial charge on any atom is -0.352 e. The molecule has 2 rings (SSSR count). The smallest absolute Gasteiger partial charge is 0.352 e. The molecular formula is C14H18ClF3N2O. The molecule has 1 aliphatic heterocycles. The second-order valence-electron chi connectivity index (χ2n) is 4.94.